The average Bonchev–Trinajstić information content (AvgIpc) is 3.25. The van der Waals surface area contributed by atoms with E-state index in [1.807, 2.05) is 0 Å². The summed E-state index contributed by atoms with van der Waals surface area (Å²) in [6.07, 6.45) is 6.54. The topological polar surface area (TPSA) is 29.3 Å². The van der Waals surface area contributed by atoms with Crippen LogP contribution in [0.2, 0.25) is 0 Å². The zero-order valence-corrected chi connectivity index (χ0v) is 12.7. The molecule has 0 aromatic heterocycles. The summed E-state index contributed by atoms with van der Waals surface area (Å²) in [6, 6.07) is 12.1. The Labute approximate surface area is 123 Å². The smallest absolute Gasteiger partial charge is 0.0171 e. The van der Waals surface area contributed by atoms with Crippen molar-refractivity contribution in [2.75, 3.05) is 13.1 Å². The summed E-state index contributed by atoms with van der Waals surface area (Å²) in [5.74, 6) is 1.69. The van der Waals surface area contributed by atoms with Crippen LogP contribution in [0.15, 0.2) is 30.3 Å². The highest BCUT2D eigenvalue weighted by Crippen LogP contribution is 2.38. The summed E-state index contributed by atoms with van der Waals surface area (Å²) in [5, 5.41) is 0. The van der Waals surface area contributed by atoms with E-state index < -0.39 is 0 Å². The number of likely N-dealkylation sites (tertiary alicyclic amines) is 1. The summed E-state index contributed by atoms with van der Waals surface area (Å²) in [7, 11) is 0. The molecule has 1 saturated heterocycles. The van der Waals surface area contributed by atoms with Crippen molar-refractivity contribution in [3.8, 4) is 0 Å². The second-order valence-corrected chi connectivity index (χ2v) is 6.82. The average molecular weight is 272 g/mol. The molecule has 1 aliphatic carbocycles. The van der Waals surface area contributed by atoms with Gasteiger partial charge in [0.1, 0.15) is 0 Å². The fourth-order valence-electron chi connectivity index (χ4n) is 4.02. The largest absolute Gasteiger partial charge is 0.327 e. The number of nitrogens with two attached hydrogens (primary N) is 1. The minimum absolute atomic E-state index is 0.366. The molecule has 2 N–H and O–H groups in total. The molecule has 3 rings (SSSR count). The molecule has 3 unspecified atom stereocenters. The fourth-order valence-corrected chi connectivity index (χ4v) is 4.02. The number of hydrogen-bond donors (Lipinski definition) is 1. The molecule has 1 aliphatic heterocycles. The van der Waals surface area contributed by atoms with Gasteiger partial charge >= 0.3 is 0 Å². The molecule has 3 atom stereocenters. The normalized spacial score (nSPS) is 29.3. The first-order chi connectivity index (χ1) is 9.76. The molecular weight excluding hydrogens is 244 g/mol. The van der Waals surface area contributed by atoms with Crippen molar-refractivity contribution in [2.24, 2.45) is 17.6 Å². The van der Waals surface area contributed by atoms with Gasteiger partial charge in [-0.2, -0.15) is 0 Å². The van der Waals surface area contributed by atoms with Crippen LogP contribution < -0.4 is 5.73 Å². The van der Waals surface area contributed by atoms with Gasteiger partial charge in [0.25, 0.3) is 0 Å². The van der Waals surface area contributed by atoms with Crippen molar-refractivity contribution in [1.29, 1.82) is 0 Å². The SMILES string of the molecule is CCC(C1CC1)N1CC(N)CC(Cc2ccccc2)C1. The second-order valence-electron chi connectivity index (χ2n) is 6.82. The van der Waals surface area contributed by atoms with Crippen molar-refractivity contribution in [3.05, 3.63) is 35.9 Å². The third kappa shape index (κ3) is 3.42. The molecule has 1 aromatic carbocycles. The maximum Gasteiger partial charge on any atom is 0.0171 e. The van der Waals surface area contributed by atoms with Gasteiger partial charge in [-0.3, -0.25) is 4.90 Å². The molecule has 110 valence electrons. The lowest BCUT2D eigenvalue weighted by Gasteiger charge is -2.41. The summed E-state index contributed by atoms with van der Waals surface area (Å²) in [5.41, 5.74) is 7.80. The standard InChI is InChI=1S/C18H28N2/c1-2-18(16-8-9-16)20-12-15(11-17(19)13-20)10-14-6-4-3-5-7-14/h3-7,15-18H,2,8-13,19H2,1H3. The van der Waals surface area contributed by atoms with Crippen molar-refractivity contribution < 1.29 is 0 Å². The lowest BCUT2D eigenvalue weighted by Crippen LogP contribution is -2.52. The first-order valence-corrected chi connectivity index (χ1v) is 8.29. The molecule has 2 heteroatoms. The molecule has 0 amide bonds. The molecular formula is C18H28N2. The number of rotatable bonds is 5. The van der Waals surface area contributed by atoms with Crippen LogP contribution in [-0.4, -0.2) is 30.1 Å². The molecule has 0 bridgehead atoms. The number of hydrogen-bond acceptors (Lipinski definition) is 2. The van der Waals surface area contributed by atoms with E-state index in [2.05, 4.69) is 42.2 Å². The van der Waals surface area contributed by atoms with Crippen LogP contribution in [0.4, 0.5) is 0 Å². The summed E-state index contributed by atoms with van der Waals surface area (Å²) in [4.78, 5) is 2.71. The van der Waals surface area contributed by atoms with Gasteiger partial charge in [0.2, 0.25) is 0 Å². The van der Waals surface area contributed by atoms with Crippen molar-refractivity contribution >= 4 is 0 Å². The van der Waals surface area contributed by atoms with Crippen LogP contribution in [0.25, 0.3) is 0 Å². The Hall–Kier alpha value is -0.860. The second kappa shape index (κ2) is 6.28. The highest BCUT2D eigenvalue weighted by Gasteiger charge is 2.37. The Kier molecular flexibility index (Phi) is 4.42. The lowest BCUT2D eigenvalue weighted by atomic mass is 9.87. The Bertz CT molecular complexity index is 413. The van der Waals surface area contributed by atoms with Gasteiger partial charge < -0.3 is 5.73 Å². The van der Waals surface area contributed by atoms with Crippen molar-refractivity contribution in [3.63, 3.8) is 0 Å². The van der Waals surface area contributed by atoms with E-state index in [1.165, 1.54) is 44.2 Å². The number of piperidine rings is 1. The summed E-state index contributed by atoms with van der Waals surface area (Å²) in [6.45, 7) is 4.70. The van der Waals surface area contributed by atoms with Gasteiger partial charge in [-0.25, -0.2) is 0 Å². The molecule has 2 fully saturated rings. The lowest BCUT2D eigenvalue weighted by molar-refractivity contribution is 0.0942. The summed E-state index contributed by atoms with van der Waals surface area (Å²) < 4.78 is 0. The maximum atomic E-state index is 6.34. The predicted molar refractivity (Wildman–Crippen MR) is 84.6 cm³/mol. The highest BCUT2D eigenvalue weighted by molar-refractivity contribution is 5.15. The summed E-state index contributed by atoms with van der Waals surface area (Å²) >= 11 is 0. The van der Waals surface area contributed by atoms with Crippen LogP contribution in [0.5, 0.6) is 0 Å². The van der Waals surface area contributed by atoms with Crippen LogP contribution in [-0.2, 0) is 6.42 Å². The number of benzene rings is 1. The predicted octanol–water partition coefficient (Wildman–Crippen LogP) is 3.07. The van der Waals surface area contributed by atoms with Gasteiger partial charge in [0.05, 0.1) is 0 Å². The van der Waals surface area contributed by atoms with Crippen molar-refractivity contribution in [1.82, 2.24) is 4.90 Å². The monoisotopic (exact) mass is 272 g/mol. The van der Waals surface area contributed by atoms with E-state index in [9.17, 15) is 0 Å². The molecule has 0 radical (unpaired) electrons. The first-order valence-electron chi connectivity index (χ1n) is 8.29. The Morgan fingerprint density at radius 3 is 2.60 bits per heavy atom. The third-order valence-corrected chi connectivity index (χ3v) is 5.02. The molecule has 2 aliphatic rings. The van der Waals surface area contributed by atoms with E-state index in [0.29, 0.717) is 6.04 Å². The van der Waals surface area contributed by atoms with Gasteiger partial charge in [-0.05, 0) is 49.5 Å². The molecule has 2 nitrogen and oxygen atoms in total. The first kappa shape index (κ1) is 14.1. The zero-order valence-electron chi connectivity index (χ0n) is 12.7. The quantitative estimate of drug-likeness (QED) is 0.892. The van der Waals surface area contributed by atoms with Gasteiger partial charge in [-0.15, -0.1) is 0 Å². The van der Waals surface area contributed by atoms with Crippen molar-refractivity contribution in [2.45, 2.75) is 51.1 Å². The van der Waals surface area contributed by atoms with Crippen LogP contribution in [0.3, 0.4) is 0 Å². The van der Waals surface area contributed by atoms with E-state index in [0.717, 1.165) is 24.4 Å². The van der Waals surface area contributed by atoms with Crippen LogP contribution in [0.1, 0.15) is 38.2 Å². The van der Waals surface area contributed by atoms with Gasteiger partial charge in [0.15, 0.2) is 0 Å². The Balaban J connectivity index is 1.63. The van der Waals surface area contributed by atoms with Gasteiger partial charge in [-0.1, -0.05) is 37.3 Å². The van der Waals surface area contributed by atoms with E-state index in [1.54, 1.807) is 0 Å². The van der Waals surface area contributed by atoms with Crippen LogP contribution >= 0.6 is 0 Å². The van der Waals surface area contributed by atoms with Crippen LogP contribution in [0, 0.1) is 11.8 Å². The molecule has 1 saturated carbocycles. The van der Waals surface area contributed by atoms with E-state index in [4.69, 9.17) is 5.73 Å². The molecule has 0 spiro atoms. The number of nitrogens with zero attached hydrogens (tertiary/aromatic N) is 1. The zero-order chi connectivity index (χ0) is 13.9. The minimum Gasteiger partial charge on any atom is -0.327 e. The molecule has 20 heavy (non-hydrogen) atoms. The van der Waals surface area contributed by atoms with Gasteiger partial charge in [0, 0.05) is 25.2 Å². The molecule has 1 heterocycles. The van der Waals surface area contributed by atoms with E-state index in [-0.39, 0.29) is 0 Å². The van der Waals surface area contributed by atoms with E-state index >= 15 is 0 Å². The maximum absolute atomic E-state index is 6.34. The Morgan fingerprint density at radius 2 is 1.95 bits per heavy atom. The Morgan fingerprint density at radius 1 is 1.20 bits per heavy atom. The highest BCUT2D eigenvalue weighted by atomic mass is 15.2. The minimum atomic E-state index is 0.366. The fraction of sp³-hybridized carbons (Fsp3) is 0.667. The third-order valence-electron chi connectivity index (χ3n) is 5.02. The molecule has 1 aromatic rings.